The van der Waals surface area contributed by atoms with Gasteiger partial charge in [-0.15, -0.1) is 0 Å². The summed E-state index contributed by atoms with van der Waals surface area (Å²) >= 11 is 0. The SMILES string of the molecule is O=C(O)c1ccnc(OC(F)F)c1F. The molecule has 0 aliphatic carbocycles. The average Bonchev–Trinajstić information content (AvgIpc) is 2.07. The lowest BCUT2D eigenvalue weighted by molar-refractivity contribution is -0.0555. The highest BCUT2D eigenvalue weighted by Gasteiger charge is 2.18. The number of hydrogen-bond donors (Lipinski definition) is 1. The first-order valence-electron chi connectivity index (χ1n) is 3.35. The van der Waals surface area contributed by atoms with Crippen LogP contribution in [0.3, 0.4) is 0 Å². The van der Waals surface area contributed by atoms with E-state index in [1.54, 1.807) is 0 Å². The van der Waals surface area contributed by atoms with Crippen molar-refractivity contribution in [3.63, 3.8) is 0 Å². The summed E-state index contributed by atoms with van der Waals surface area (Å²) in [5.74, 6) is -4.02. The Hall–Kier alpha value is -1.79. The Morgan fingerprint density at radius 2 is 2.21 bits per heavy atom. The lowest BCUT2D eigenvalue weighted by Gasteiger charge is -2.05. The first-order valence-corrected chi connectivity index (χ1v) is 3.35. The maximum Gasteiger partial charge on any atom is 0.388 e. The smallest absolute Gasteiger partial charge is 0.388 e. The fraction of sp³-hybridized carbons (Fsp3) is 0.143. The van der Waals surface area contributed by atoms with Crippen LogP contribution in [-0.2, 0) is 0 Å². The van der Waals surface area contributed by atoms with Crippen molar-refractivity contribution in [1.29, 1.82) is 0 Å². The number of aromatic carboxylic acids is 1. The van der Waals surface area contributed by atoms with E-state index >= 15 is 0 Å². The Balaban J connectivity index is 3.07. The molecule has 0 spiro atoms. The normalized spacial score (nSPS) is 10.3. The van der Waals surface area contributed by atoms with Crippen LogP contribution < -0.4 is 4.74 Å². The minimum atomic E-state index is -3.25. The minimum absolute atomic E-state index is 0.768. The molecule has 1 aromatic heterocycles. The fourth-order valence-corrected chi connectivity index (χ4v) is 0.756. The number of carbonyl (C=O) groups is 1. The Morgan fingerprint density at radius 1 is 1.57 bits per heavy atom. The summed E-state index contributed by atoms with van der Waals surface area (Å²) in [4.78, 5) is 13.5. The zero-order valence-electron chi connectivity index (χ0n) is 6.58. The number of hydrogen-bond acceptors (Lipinski definition) is 3. The number of halogens is 3. The molecule has 0 unspecified atom stereocenters. The standard InChI is InChI=1S/C7H4F3NO3/c8-4-3(6(12)13)1-2-11-5(4)14-7(9)10/h1-2,7H,(H,12,13). The molecule has 76 valence electrons. The Morgan fingerprint density at radius 3 is 2.71 bits per heavy atom. The van der Waals surface area contributed by atoms with Crippen molar-refractivity contribution < 1.29 is 27.8 Å². The van der Waals surface area contributed by atoms with Gasteiger partial charge in [-0.3, -0.25) is 0 Å². The molecule has 0 saturated carbocycles. The molecule has 0 bridgehead atoms. The highest BCUT2D eigenvalue weighted by molar-refractivity contribution is 5.88. The zero-order valence-corrected chi connectivity index (χ0v) is 6.58. The molecule has 1 N–H and O–H groups in total. The summed E-state index contributed by atoms with van der Waals surface area (Å²) in [7, 11) is 0. The average molecular weight is 207 g/mol. The number of rotatable bonds is 3. The van der Waals surface area contributed by atoms with E-state index in [4.69, 9.17) is 5.11 Å². The lowest BCUT2D eigenvalue weighted by Crippen LogP contribution is -2.09. The molecule has 0 aromatic carbocycles. The molecule has 1 aromatic rings. The molecule has 1 heterocycles. The second-order valence-electron chi connectivity index (χ2n) is 2.16. The number of ether oxygens (including phenoxy) is 1. The van der Waals surface area contributed by atoms with Crippen LogP contribution in [0.5, 0.6) is 5.88 Å². The number of aromatic nitrogens is 1. The molecule has 0 aliphatic heterocycles. The number of carboxylic acids is 1. The monoisotopic (exact) mass is 207 g/mol. The van der Waals surface area contributed by atoms with Crippen LogP contribution in [0.25, 0.3) is 0 Å². The van der Waals surface area contributed by atoms with Gasteiger partial charge in [0.2, 0.25) is 0 Å². The summed E-state index contributed by atoms with van der Waals surface area (Å²) in [5, 5.41) is 8.41. The van der Waals surface area contributed by atoms with Gasteiger partial charge in [-0.05, 0) is 6.07 Å². The van der Waals surface area contributed by atoms with Crippen LogP contribution in [0, 0.1) is 5.82 Å². The molecule has 0 fully saturated rings. The Bertz CT molecular complexity index is 356. The minimum Gasteiger partial charge on any atom is -0.478 e. The Kier molecular flexibility index (Phi) is 2.90. The van der Waals surface area contributed by atoms with E-state index in [0.717, 1.165) is 12.3 Å². The van der Waals surface area contributed by atoms with Crippen LogP contribution in [0.15, 0.2) is 12.3 Å². The fourth-order valence-electron chi connectivity index (χ4n) is 0.756. The maximum atomic E-state index is 13.0. The largest absolute Gasteiger partial charge is 0.478 e. The van der Waals surface area contributed by atoms with Crippen LogP contribution in [0.4, 0.5) is 13.2 Å². The topological polar surface area (TPSA) is 59.4 Å². The van der Waals surface area contributed by atoms with E-state index in [1.807, 2.05) is 0 Å². The first-order chi connectivity index (χ1) is 6.52. The van der Waals surface area contributed by atoms with Gasteiger partial charge in [0.15, 0.2) is 5.82 Å². The molecule has 0 radical (unpaired) electrons. The second-order valence-corrected chi connectivity index (χ2v) is 2.16. The van der Waals surface area contributed by atoms with E-state index in [-0.39, 0.29) is 0 Å². The number of nitrogens with zero attached hydrogens (tertiary/aromatic N) is 1. The van der Waals surface area contributed by atoms with E-state index in [9.17, 15) is 18.0 Å². The lowest BCUT2D eigenvalue weighted by atomic mass is 10.2. The number of alkyl halides is 2. The summed E-state index contributed by atoms with van der Waals surface area (Å²) in [6.45, 7) is -3.25. The summed E-state index contributed by atoms with van der Waals surface area (Å²) < 4.78 is 39.9. The van der Waals surface area contributed by atoms with Gasteiger partial charge in [0.05, 0.1) is 0 Å². The highest BCUT2D eigenvalue weighted by Crippen LogP contribution is 2.18. The van der Waals surface area contributed by atoms with Crippen molar-refractivity contribution in [2.45, 2.75) is 6.61 Å². The number of pyridine rings is 1. The molecular weight excluding hydrogens is 203 g/mol. The van der Waals surface area contributed by atoms with E-state index in [1.165, 1.54) is 0 Å². The van der Waals surface area contributed by atoms with Gasteiger partial charge in [-0.25, -0.2) is 14.2 Å². The van der Waals surface area contributed by atoms with Crippen molar-refractivity contribution in [3.05, 3.63) is 23.6 Å². The van der Waals surface area contributed by atoms with Crippen LogP contribution >= 0.6 is 0 Å². The van der Waals surface area contributed by atoms with Crippen molar-refractivity contribution in [2.75, 3.05) is 0 Å². The summed E-state index contributed by atoms with van der Waals surface area (Å²) in [6, 6.07) is 0.843. The predicted octanol–water partition coefficient (Wildman–Crippen LogP) is 1.52. The first kappa shape index (κ1) is 10.3. The van der Waals surface area contributed by atoms with E-state index in [2.05, 4.69) is 9.72 Å². The van der Waals surface area contributed by atoms with Gasteiger partial charge >= 0.3 is 12.6 Å². The van der Waals surface area contributed by atoms with Crippen LogP contribution in [0.2, 0.25) is 0 Å². The van der Waals surface area contributed by atoms with Crippen molar-refractivity contribution in [2.24, 2.45) is 0 Å². The molecule has 0 amide bonds. The quantitative estimate of drug-likeness (QED) is 0.816. The van der Waals surface area contributed by atoms with Gasteiger partial charge in [-0.1, -0.05) is 0 Å². The molecule has 7 heteroatoms. The highest BCUT2D eigenvalue weighted by atomic mass is 19.3. The van der Waals surface area contributed by atoms with Gasteiger partial charge in [0, 0.05) is 6.20 Å². The molecule has 14 heavy (non-hydrogen) atoms. The van der Waals surface area contributed by atoms with Gasteiger partial charge in [-0.2, -0.15) is 8.78 Å². The van der Waals surface area contributed by atoms with E-state index < -0.39 is 29.8 Å². The van der Waals surface area contributed by atoms with Gasteiger partial charge < -0.3 is 9.84 Å². The maximum absolute atomic E-state index is 13.0. The third-order valence-corrected chi connectivity index (χ3v) is 1.29. The third kappa shape index (κ3) is 2.12. The second kappa shape index (κ2) is 3.95. The summed E-state index contributed by atoms with van der Waals surface area (Å²) in [6.07, 6.45) is 0.865. The van der Waals surface area contributed by atoms with E-state index in [0.29, 0.717) is 0 Å². The molecule has 0 atom stereocenters. The predicted molar refractivity (Wildman–Crippen MR) is 37.8 cm³/mol. The molecule has 4 nitrogen and oxygen atoms in total. The molecule has 0 saturated heterocycles. The van der Waals surface area contributed by atoms with Crippen molar-refractivity contribution in [1.82, 2.24) is 4.98 Å². The Labute approximate surface area is 75.9 Å². The van der Waals surface area contributed by atoms with Crippen molar-refractivity contribution in [3.8, 4) is 5.88 Å². The van der Waals surface area contributed by atoms with Crippen LogP contribution in [-0.4, -0.2) is 22.7 Å². The molecule has 1 rings (SSSR count). The van der Waals surface area contributed by atoms with Gasteiger partial charge in [0.25, 0.3) is 5.88 Å². The zero-order chi connectivity index (χ0) is 10.7. The van der Waals surface area contributed by atoms with Gasteiger partial charge in [0.1, 0.15) is 5.56 Å². The molecule has 0 aliphatic rings. The number of carboxylic acid groups (broad SMARTS) is 1. The van der Waals surface area contributed by atoms with Crippen LogP contribution in [0.1, 0.15) is 10.4 Å². The third-order valence-electron chi connectivity index (χ3n) is 1.29. The van der Waals surface area contributed by atoms with Crippen molar-refractivity contribution >= 4 is 5.97 Å². The molecular formula is C7H4F3NO3. The summed E-state index contributed by atoms with van der Waals surface area (Å²) in [5.41, 5.74) is -0.768.